The minimum absolute atomic E-state index is 0.0122. The molecule has 0 amide bonds. The minimum atomic E-state index is -0.112. The van der Waals surface area contributed by atoms with Crippen LogP contribution in [0.4, 0.5) is 0 Å². The Morgan fingerprint density at radius 1 is 1.29 bits per heavy atom. The van der Waals surface area contributed by atoms with E-state index in [2.05, 4.69) is 30.1 Å². The Hall–Kier alpha value is -3.33. The Bertz CT molecular complexity index is 1180. The minimum Gasteiger partial charge on any atom is -0.337 e. The molecule has 0 aliphatic carbocycles. The average molecular weight is 377 g/mol. The fourth-order valence-electron chi connectivity index (χ4n) is 3.71. The maximum Gasteiger partial charge on any atom is 0.272 e. The molecule has 0 aromatic carbocycles. The molecule has 1 aliphatic heterocycles. The van der Waals surface area contributed by atoms with Crippen LogP contribution in [-0.4, -0.2) is 41.2 Å². The number of nitrogens with one attached hydrogen (secondary N) is 1. The molecule has 9 heteroatoms. The molecule has 0 saturated carbocycles. The second-order valence-electron chi connectivity index (χ2n) is 7.02. The molecule has 1 N–H and O–H groups in total. The fraction of sp³-hybridized carbons (Fsp3) is 0.316. The summed E-state index contributed by atoms with van der Waals surface area (Å²) in [6.07, 6.45) is 3.65. The van der Waals surface area contributed by atoms with Crippen LogP contribution in [0.2, 0.25) is 0 Å². The van der Waals surface area contributed by atoms with Crippen LogP contribution in [0.3, 0.4) is 0 Å². The van der Waals surface area contributed by atoms with E-state index in [0.717, 1.165) is 30.8 Å². The van der Waals surface area contributed by atoms with Crippen LogP contribution in [0, 0.1) is 6.92 Å². The molecule has 1 fully saturated rings. The van der Waals surface area contributed by atoms with Gasteiger partial charge in [-0.1, -0.05) is 11.2 Å². The third kappa shape index (κ3) is 2.99. The normalized spacial score (nSPS) is 17.5. The standard InChI is InChI=1S/C19H19N7O2/c1-12-9-16-21-13(10-17(27)26(16)23-12)11-25-8-4-6-15(25)19-22-18(24-28-19)14-5-2-3-7-20-14/h2-3,5,7,9-10,15,23H,4,6,8,11H2,1H3/t15-/m0/s1. The molecule has 5 heterocycles. The number of aromatic amines is 1. The number of aromatic nitrogens is 6. The lowest BCUT2D eigenvalue weighted by Gasteiger charge is -2.20. The summed E-state index contributed by atoms with van der Waals surface area (Å²) >= 11 is 0. The van der Waals surface area contributed by atoms with Crippen molar-refractivity contribution >= 4 is 5.65 Å². The number of likely N-dealkylation sites (tertiary alicyclic amines) is 1. The first-order valence-corrected chi connectivity index (χ1v) is 9.25. The van der Waals surface area contributed by atoms with E-state index >= 15 is 0 Å². The number of hydrogen-bond donors (Lipinski definition) is 1. The van der Waals surface area contributed by atoms with E-state index in [4.69, 9.17) is 4.52 Å². The van der Waals surface area contributed by atoms with Crippen LogP contribution in [0.15, 0.2) is 45.8 Å². The van der Waals surface area contributed by atoms with E-state index in [0.29, 0.717) is 29.6 Å². The topological polar surface area (TPSA) is 105 Å². The van der Waals surface area contributed by atoms with Crippen LogP contribution in [0.5, 0.6) is 0 Å². The predicted molar refractivity (Wildman–Crippen MR) is 100 cm³/mol. The van der Waals surface area contributed by atoms with Crippen molar-refractivity contribution in [2.75, 3.05) is 6.54 Å². The quantitative estimate of drug-likeness (QED) is 0.581. The monoisotopic (exact) mass is 377 g/mol. The van der Waals surface area contributed by atoms with Crippen molar-refractivity contribution in [1.82, 2.24) is 34.6 Å². The average Bonchev–Trinajstić information content (AvgIpc) is 3.41. The Morgan fingerprint density at radius 3 is 3.07 bits per heavy atom. The highest BCUT2D eigenvalue weighted by Gasteiger charge is 2.31. The lowest BCUT2D eigenvalue weighted by molar-refractivity contribution is 0.199. The molecule has 0 unspecified atom stereocenters. The van der Waals surface area contributed by atoms with Crippen molar-refractivity contribution in [3.8, 4) is 11.5 Å². The van der Waals surface area contributed by atoms with Gasteiger partial charge in [-0.2, -0.15) is 4.98 Å². The third-order valence-electron chi connectivity index (χ3n) is 4.98. The number of fused-ring (bicyclic) bond motifs is 1. The van der Waals surface area contributed by atoms with Crippen molar-refractivity contribution in [3.63, 3.8) is 0 Å². The highest BCUT2D eigenvalue weighted by molar-refractivity contribution is 5.47. The Balaban J connectivity index is 1.40. The third-order valence-corrected chi connectivity index (χ3v) is 4.98. The van der Waals surface area contributed by atoms with Gasteiger partial charge in [-0.15, -0.1) is 0 Å². The van der Waals surface area contributed by atoms with Gasteiger partial charge in [0.25, 0.3) is 5.56 Å². The molecule has 0 radical (unpaired) electrons. The number of pyridine rings is 1. The Kier molecular flexibility index (Phi) is 4.01. The highest BCUT2D eigenvalue weighted by atomic mass is 16.5. The van der Waals surface area contributed by atoms with Crippen LogP contribution in [-0.2, 0) is 6.54 Å². The van der Waals surface area contributed by atoms with Crippen LogP contribution in [0.25, 0.3) is 17.2 Å². The summed E-state index contributed by atoms with van der Waals surface area (Å²) in [4.78, 5) is 28.0. The van der Waals surface area contributed by atoms with Gasteiger partial charge in [0.2, 0.25) is 11.7 Å². The SMILES string of the molecule is Cc1cc2nc(CN3CCC[C@H]3c3nc(-c4ccccn4)no3)cc(=O)n2[nH]1. The first-order chi connectivity index (χ1) is 13.7. The number of hydrogen-bond acceptors (Lipinski definition) is 7. The van der Waals surface area contributed by atoms with Crippen molar-refractivity contribution < 1.29 is 4.52 Å². The molecule has 4 aromatic rings. The summed E-state index contributed by atoms with van der Waals surface area (Å²) in [6, 6.07) is 9.05. The van der Waals surface area contributed by atoms with Gasteiger partial charge >= 0.3 is 0 Å². The zero-order valence-electron chi connectivity index (χ0n) is 15.4. The number of rotatable bonds is 4. The van der Waals surface area contributed by atoms with E-state index in [-0.39, 0.29) is 11.6 Å². The summed E-state index contributed by atoms with van der Waals surface area (Å²) in [6.45, 7) is 3.35. The molecule has 4 aromatic heterocycles. The zero-order chi connectivity index (χ0) is 19.1. The van der Waals surface area contributed by atoms with Crippen molar-refractivity contribution in [2.24, 2.45) is 0 Å². The van der Waals surface area contributed by atoms with Crippen LogP contribution >= 0.6 is 0 Å². The highest BCUT2D eigenvalue weighted by Crippen LogP contribution is 2.32. The van der Waals surface area contributed by atoms with Crippen LogP contribution in [0.1, 0.15) is 36.2 Å². The van der Waals surface area contributed by atoms with E-state index in [9.17, 15) is 4.79 Å². The first-order valence-electron chi connectivity index (χ1n) is 9.25. The summed E-state index contributed by atoms with van der Waals surface area (Å²) < 4.78 is 6.99. The van der Waals surface area contributed by atoms with Gasteiger partial charge in [0.15, 0.2) is 5.65 Å². The molecule has 9 nitrogen and oxygen atoms in total. The second-order valence-corrected chi connectivity index (χ2v) is 7.02. The fourth-order valence-corrected chi connectivity index (χ4v) is 3.71. The summed E-state index contributed by atoms with van der Waals surface area (Å²) in [7, 11) is 0. The van der Waals surface area contributed by atoms with Crippen molar-refractivity contribution in [2.45, 2.75) is 32.4 Å². The van der Waals surface area contributed by atoms with Gasteiger partial charge in [0.05, 0.1) is 11.7 Å². The predicted octanol–water partition coefficient (Wildman–Crippen LogP) is 2.11. The largest absolute Gasteiger partial charge is 0.337 e. The van der Waals surface area contributed by atoms with Crippen molar-refractivity contribution in [1.29, 1.82) is 0 Å². The molecular weight excluding hydrogens is 358 g/mol. The number of nitrogens with zero attached hydrogens (tertiary/aromatic N) is 6. The maximum absolute atomic E-state index is 12.3. The molecule has 5 rings (SSSR count). The van der Waals surface area contributed by atoms with Gasteiger partial charge in [0, 0.05) is 30.6 Å². The van der Waals surface area contributed by atoms with E-state index in [1.807, 2.05) is 31.2 Å². The van der Waals surface area contributed by atoms with Gasteiger partial charge in [0.1, 0.15) is 5.69 Å². The lowest BCUT2D eigenvalue weighted by Crippen LogP contribution is -2.25. The smallest absolute Gasteiger partial charge is 0.272 e. The molecule has 28 heavy (non-hydrogen) atoms. The van der Waals surface area contributed by atoms with Gasteiger partial charge in [-0.25, -0.2) is 9.50 Å². The van der Waals surface area contributed by atoms with Gasteiger partial charge in [-0.05, 0) is 38.4 Å². The molecule has 1 atom stereocenters. The summed E-state index contributed by atoms with van der Waals surface area (Å²) in [5.74, 6) is 1.07. The Labute approximate surface area is 160 Å². The van der Waals surface area contributed by atoms with E-state index < -0.39 is 0 Å². The second kappa shape index (κ2) is 6.68. The Morgan fingerprint density at radius 2 is 2.21 bits per heavy atom. The van der Waals surface area contributed by atoms with Gasteiger partial charge < -0.3 is 4.52 Å². The number of H-pyrrole nitrogens is 1. The summed E-state index contributed by atoms with van der Waals surface area (Å²) in [5, 5.41) is 7.07. The first kappa shape index (κ1) is 16.8. The van der Waals surface area contributed by atoms with Crippen molar-refractivity contribution in [3.05, 3.63) is 64.2 Å². The number of aryl methyl sites for hydroxylation is 1. The molecule has 0 bridgehead atoms. The van der Waals surface area contributed by atoms with Crippen LogP contribution < -0.4 is 5.56 Å². The van der Waals surface area contributed by atoms with E-state index in [1.54, 1.807) is 12.3 Å². The summed E-state index contributed by atoms with van der Waals surface area (Å²) in [5.41, 5.74) is 2.84. The molecule has 142 valence electrons. The van der Waals surface area contributed by atoms with E-state index in [1.165, 1.54) is 4.52 Å². The molecular formula is C19H19N7O2. The zero-order valence-corrected chi connectivity index (χ0v) is 15.4. The lowest BCUT2D eigenvalue weighted by atomic mass is 10.2. The van der Waals surface area contributed by atoms with Gasteiger partial charge in [-0.3, -0.25) is 19.8 Å². The molecule has 1 saturated heterocycles. The molecule has 1 aliphatic rings. The maximum atomic E-state index is 12.3. The molecule has 0 spiro atoms.